The highest BCUT2D eigenvalue weighted by atomic mass is 16.3. The van der Waals surface area contributed by atoms with E-state index < -0.39 is 0 Å². The van der Waals surface area contributed by atoms with Crippen LogP contribution in [0.1, 0.15) is 19.0 Å². The van der Waals surface area contributed by atoms with E-state index in [9.17, 15) is 5.11 Å². The summed E-state index contributed by atoms with van der Waals surface area (Å²) in [7, 11) is 1.84. The molecule has 18 heavy (non-hydrogen) atoms. The van der Waals surface area contributed by atoms with Gasteiger partial charge in [-0.3, -0.25) is 0 Å². The summed E-state index contributed by atoms with van der Waals surface area (Å²) in [6.07, 6.45) is 1.96. The third kappa shape index (κ3) is 2.77. The molecule has 1 aromatic carbocycles. The first-order chi connectivity index (χ1) is 8.72. The molecule has 0 radical (unpaired) electrons. The molecule has 1 heterocycles. The first-order valence-corrected chi connectivity index (χ1v) is 6.08. The van der Waals surface area contributed by atoms with Gasteiger partial charge in [0.05, 0.1) is 0 Å². The Morgan fingerprint density at radius 3 is 2.72 bits per heavy atom. The monoisotopic (exact) mass is 243 g/mol. The molecule has 1 aromatic heterocycles. The number of phenolic OH excluding ortho intramolecular Hbond substituents is 1. The molecule has 94 valence electrons. The molecule has 2 rings (SSSR count). The van der Waals surface area contributed by atoms with Gasteiger partial charge in [0.25, 0.3) is 0 Å². The second-order valence-electron chi connectivity index (χ2n) is 4.12. The van der Waals surface area contributed by atoms with Gasteiger partial charge in [0.1, 0.15) is 11.6 Å². The van der Waals surface area contributed by atoms with Crippen molar-refractivity contribution >= 4 is 5.82 Å². The van der Waals surface area contributed by atoms with Gasteiger partial charge < -0.3 is 10.4 Å². The molecule has 0 aliphatic carbocycles. The van der Waals surface area contributed by atoms with Crippen molar-refractivity contribution in [1.82, 2.24) is 9.97 Å². The zero-order valence-corrected chi connectivity index (χ0v) is 10.6. The average Bonchev–Trinajstić information content (AvgIpc) is 2.39. The van der Waals surface area contributed by atoms with Gasteiger partial charge in [-0.05, 0) is 18.6 Å². The van der Waals surface area contributed by atoms with Crippen LogP contribution in [0.5, 0.6) is 5.75 Å². The van der Waals surface area contributed by atoms with E-state index in [0.29, 0.717) is 5.82 Å². The number of phenols is 1. The van der Waals surface area contributed by atoms with Gasteiger partial charge >= 0.3 is 0 Å². The quantitative estimate of drug-likeness (QED) is 0.867. The van der Waals surface area contributed by atoms with Gasteiger partial charge in [-0.15, -0.1) is 0 Å². The Balaban J connectivity index is 2.46. The zero-order chi connectivity index (χ0) is 13.0. The fourth-order valence-corrected chi connectivity index (χ4v) is 1.78. The fraction of sp³-hybridized carbons (Fsp3) is 0.286. The molecule has 4 heteroatoms. The predicted octanol–water partition coefficient (Wildman–Crippen LogP) is 2.84. The number of hydrogen-bond donors (Lipinski definition) is 2. The van der Waals surface area contributed by atoms with Gasteiger partial charge in [-0.2, -0.15) is 0 Å². The molecule has 0 saturated carbocycles. The van der Waals surface area contributed by atoms with Crippen LogP contribution >= 0.6 is 0 Å². The van der Waals surface area contributed by atoms with E-state index in [0.717, 1.165) is 29.9 Å². The van der Waals surface area contributed by atoms with Crippen LogP contribution in [-0.2, 0) is 6.42 Å². The topological polar surface area (TPSA) is 58.0 Å². The van der Waals surface area contributed by atoms with Crippen molar-refractivity contribution in [2.24, 2.45) is 0 Å². The summed E-state index contributed by atoms with van der Waals surface area (Å²) in [4.78, 5) is 8.93. The molecule has 0 saturated heterocycles. The third-order valence-electron chi connectivity index (χ3n) is 2.65. The number of rotatable bonds is 4. The summed E-state index contributed by atoms with van der Waals surface area (Å²) in [5, 5.41) is 12.5. The smallest absolute Gasteiger partial charge is 0.161 e. The van der Waals surface area contributed by atoms with Crippen LogP contribution in [0, 0.1) is 0 Å². The van der Waals surface area contributed by atoms with Crippen molar-refractivity contribution in [2.45, 2.75) is 19.8 Å². The van der Waals surface area contributed by atoms with Crippen molar-refractivity contribution in [2.75, 3.05) is 12.4 Å². The number of benzene rings is 1. The number of nitrogens with zero attached hydrogens (tertiary/aromatic N) is 2. The van der Waals surface area contributed by atoms with Gasteiger partial charge in [0.15, 0.2) is 5.82 Å². The van der Waals surface area contributed by atoms with E-state index in [1.807, 2.05) is 19.2 Å². The van der Waals surface area contributed by atoms with Crippen molar-refractivity contribution in [3.63, 3.8) is 0 Å². The van der Waals surface area contributed by atoms with Crippen molar-refractivity contribution in [1.29, 1.82) is 0 Å². The summed E-state index contributed by atoms with van der Waals surface area (Å²) >= 11 is 0. The second-order valence-corrected chi connectivity index (χ2v) is 4.12. The van der Waals surface area contributed by atoms with Crippen LogP contribution in [0.25, 0.3) is 11.4 Å². The van der Waals surface area contributed by atoms with Crippen molar-refractivity contribution < 1.29 is 5.11 Å². The fourth-order valence-electron chi connectivity index (χ4n) is 1.78. The minimum Gasteiger partial charge on any atom is -0.508 e. The van der Waals surface area contributed by atoms with Gasteiger partial charge in [-0.25, -0.2) is 9.97 Å². The highest BCUT2D eigenvalue weighted by molar-refractivity contribution is 5.59. The van der Waals surface area contributed by atoms with E-state index in [4.69, 9.17) is 0 Å². The lowest BCUT2D eigenvalue weighted by atomic mass is 10.2. The molecule has 0 aliphatic rings. The van der Waals surface area contributed by atoms with E-state index in [1.54, 1.807) is 18.2 Å². The summed E-state index contributed by atoms with van der Waals surface area (Å²) < 4.78 is 0. The highest BCUT2D eigenvalue weighted by Gasteiger charge is 2.06. The Kier molecular flexibility index (Phi) is 3.77. The molecule has 2 N–H and O–H groups in total. The lowest BCUT2D eigenvalue weighted by Gasteiger charge is -2.07. The summed E-state index contributed by atoms with van der Waals surface area (Å²) in [6.45, 7) is 2.12. The molecule has 4 nitrogen and oxygen atoms in total. The molecule has 0 atom stereocenters. The molecule has 0 amide bonds. The number of aromatic hydroxyl groups is 1. The number of anilines is 1. The normalized spacial score (nSPS) is 10.3. The van der Waals surface area contributed by atoms with Crippen LogP contribution in [0.4, 0.5) is 5.82 Å². The Morgan fingerprint density at radius 2 is 2.06 bits per heavy atom. The number of hydrogen-bond acceptors (Lipinski definition) is 4. The van der Waals surface area contributed by atoms with Crippen LogP contribution in [0.3, 0.4) is 0 Å². The molecule has 2 aromatic rings. The highest BCUT2D eigenvalue weighted by Crippen LogP contribution is 2.22. The summed E-state index contributed by atoms with van der Waals surface area (Å²) in [5.41, 5.74) is 1.83. The first kappa shape index (κ1) is 12.4. The first-order valence-electron chi connectivity index (χ1n) is 6.08. The molecule has 0 spiro atoms. The lowest BCUT2D eigenvalue weighted by Crippen LogP contribution is -2.00. The average molecular weight is 243 g/mol. The number of nitrogens with one attached hydrogen (secondary N) is 1. The Morgan fingerprint density at radius 1 is 1.22 bits per heavy atom. The van der Waals surface area contributed by atoms with Gasteiger partial charge in [0, 0.05) is 24.4 Å². The molecule has 0 aliphatic heterocycles. The van der Waals surface area contributed by atoms with Crippen molar-refractivity contribution in [3.8, 4) is 17.1 Å². The predicted molar refractivity (Wildman–Crippen MR) is 72.7 cm³/mol. The Hall–Kier alpha value is -2.10. The maximum Gasteiger partial charge on any atom is 0.161 e. The van der Waals surface area contributed by atoms with Gasteiger partial charge in [-0.1, -0.05) is 25.5 Å². The maximum atomic E-state index is 9.50. The minimum atomic E-state index is 0.225. The van der Waals surface area contributed by atoms with Crippen LogP contribution in [0.2, 0.25) is 0 Å². The second kappa shape index (κ2) is 5.49. The third-order valence-corrected chi connectivity index (χ3v) is 2.65. The summed E-state index contributed by atoms with van der Waals surface area (Å²) in [6, 6.07) is 8.95. The van der Waals surface area contributed by atoms with Crippen LogP contribution in [0.15, 0.2) is 30.3 Å². The Labute approximate surface area is 107 Å². The van der Waals surface area contributed by atoms with E-state index in [2.05, 4.69) is 22.2 Å². The molecule has 0 bridgehead atoms. The summed E-state index contributed by atoms with van der Waals surface area (Å²) in [5.74, 6) is 1.66. The van der Waals surface area contributed by atoms with E-state index in [1.165, 1.54) is 0 Å². The lowest BCUT2D eigenvalue weighted by molar-refractivity contribution is 0.475. The molecular formula is C14H17N3O. The minimum absolute atomic E-state index is 0.225. The standard InChI is InChI=1S/C14H17N3O/c1-3-5-11-9-13(15-2)17-14(16-11)10-6-4-7-12(18)8-10/h4,6-9,18H,3,5H2,1-2H3,(H,15,16,17). The van der Waals surface area contributed by atoms with E-state index in [-0.39, 0.29) is 5.75 Å². The number of aromatic nitrogens is 2. The Bertz CT molecular complexity index is 540. The van der Waals surface area contributed by atoms with E-state index >= 15 is 0 Å². The largest absolute Gasteiger partial charge is 0.508 e. The number of aryl methyl sites for hydroxylation is 1. The van der Waals surface area contributed by atoms with Gasteiger partial charge in [0.2, 0.25) is 0 Å². The SMILES string of the molecule is CCCc1cc(NC)nc(-c2cccc(O)c2)n1. The van der Waals surface area contributed by atoms with Crippen LogP contribution in [-0.4, -0.2) is 22.1 Å². The maximum absolute atomic E-state index is 9.50. The molecule has 0 unspecified atom stereocenters. The molecular weight excluding hydrogens is 226 g/mol. The van der Waals surface area contributed by atoms with Crippen molar-refractivity contribution in [3.05, 3.63) is 36.0 Å². The molecule has 0 fully saturated rings. The zero-order valence-electron chi connectivity index (χ0n) is 10.6. The van der Waals surface area contributed by atoms with Crippen LogP contribution < -0.4 is 5.32 Å².